The van der Waals surface area contributed by atoms with Crippen molar-refractivity contribution in [2.75, 3.05) is 13.1 Å². The Morgan fingerprint density at radius 2 is 2.26 bits per heavy atom. The number of hydrogen-bond acceptors (Lipinski definition) is 1. The summed E-state index contributed by atoms with van der Waals surface area (Å²) in [5.74, 6) is 2.84. The van der Waals surface area contributed by atoms with Gasteiger partial charge in [0.1, 0.15) is 0 Å². The van der Waals surface area contributed by atoms with E-state index in [0.717, 1.165) is 29.9 Å². The number of guanidine groups is 1. The van der Waals surface area contributed by atoms with Crippen LogP contribution in [0.1, 0.15) is 24.0 Å². The maximum Gasteiger partial charge on any atom is 0.188 e. The van der Waals surface area contributed by atoms with Gasteiger partial charge in [-0.25, -0.2) is 4.99 Å². The number of nitrogens with one attached hydrogen (secondary N) is 1. The van der Waals surface area contributed by atoms with Crippen LogP contribution in [0.3, 0.4) is 0 Å². The predicted octanol–water partition coefficient (Wildman–Crippen LogP) is 2.05. The Hall–Kier alpha value is -1.77. The van der Waals surface area contributed by atoms with Gasteiger partial charge in [-0.15, -0.1) is 0 Å². The second-order valence-corrected chi connectivity index (χ2v) is 5.80. The van der Waals surface area contributed by atoms with Crippen LogP contribution in [0.5, 0.6) is 0 Å². The topological polar surface area (TPSA) is 50.4 Å². The van der Waals surface area contributed by atoms with Gasteiger partial charge in [0, 0.05) is 6.54 Å². The van der Waals surface area contributed by atoms with E-state index >= 15 is 0 Å². The first kappa shape index (κ1) is 12.3. The second kappa shape index (κ2) is 4.72. The molecule has 0 saturated heterocycles. The van der Waals surface area contributed by atoms with E-state index < -0.39 is 0 Å². The minimum absolute atomic E-state index is 0.543. The van der Waals surface area contributed by atoms with Gasteiger partial charge in [-0.2, -0.15) is 0 Å². The van der Waals surface area contributed by atoms with Crippen molar-refractivity contribution in [2.24, 2.45) is 22.6 Å². The van der Waals surface area contributed by atoms with E-state index in [1.807, 2.05) is 6.92 Å². The molecule has 0 radical (unpaired) electrons. The molecule has 1 fully saturated rings. The van der Waals surface area contributed by atoms with Crippen LogP contribution >= 0.6 is 0 Å². The first-order valence-electron chi connectivity index (χ1n) is 6.93. The molecule has 1 aromatic carbocycles. The summed E-state index contributed by atoms with van der Waals surface area (Å²) in [5, 5.41) is 3.25. The Morgan fingerprint density at radius 1 is 1.47 bits per heavy atom. The lowest BCUT2D eigenvalue weighted by Gasteiger charge is -2.09. The molecule has 3 nitrogen and oxygen atoms in total. The molecule has 0 aromatic heterocycles. The van der Waals surface area contributed by atoms with Crippen molar-refractivity contribution in [2.45, 2.75) is 19.3 Å². The van der Waals surface area contributed by atoms with E-state index in [4.69, 9.17) is 5.73 Å². The van der Waals surface area contributed by atoms with Gasteiger partial charge in [0.25, 0.3) is 0 Å². The minimum atomic E-state index is 0.543. The van der Waals surface area contributed by atoms with Gasteiger partial charge >= 0.3 is 0 Å². The van der Waals surface area contributed by atoms with Crippen molar-refractivity contribution in [3.63, 3.8) is 0 Å². The molecular weight excluding hydrogens is 234 g/mol. The molecule has 3 heteroatoms. The fourth-order valence-electron chi connectivity index (χ4n) is 3.26. The van der Waals surface area contributed by atoms with Crippen molar-refractivity contribution in [3.8, 4) is 0 Å². The van der Waals surface area contributed by atoms with E-state index in [-0.39, 0.29) is 0 Å². The normalized spacial score (nSPS) is 27.6. The van der Waals surface area contributed by atoms with Crippen LogP contribution in [-0.2, 0) is 6.42 Å². The molecule has 0 amide bonds. The average Bonchev–Trinajstić information content (AvgIpc) is 2.93. The molecule has 1 aromatic rings. The summed E-state index contributed by atoms with van der Waals surface area (Å²) in [5.41, 5.74) is 9.96. The fraction of sp³-hybridized carbons (Fsp3) is 0.438. The van der Waals surface area contributed by atoms with Gasteiger partial charge in [-0.1, -0.05) is 36.4 Å². The van der Waals surface area contributed by atoms with E-state index in [2.05, 4.69) is 41.2 Å². The molecule has 3 atom stereocenters. The van der Waals surface area contributed by atoms with Crippen molar-refractivity contribution < 1.29 is 0 Å². The monoisotopic (exact) mass is 255 g/mol. The zero-order valence-corrected chi connectivity index (χ0v) is 11.4. The number of hydrogen-bond donors (Lipinski definition) is 2. The zero-order valence-electron chi connectivity index (χ0n) is 11.4. The van der Waals surface area contributed by atoms with Gasteiger partial charge < -0.3 is 11.1 Å². The number of rotatable bonds is 4. The maximum absolute atomic E-state index is 5.84. The first-order valence-corrected chi connectivity index (χ1v) is 6.93. The Kier molecular flexibility index (Phi) is 3.05. The van der Waals surface area contributed by atoms with Crippen LogP contribution in [0.4, 0.5) is 0 Å². The minimum Gasteiger partial charge on any atom is -0.370 e. The number of benzene rings is 1. The summed E-state index contributed by atoms with van der Waals surface area (Å²) < 4.78 is 0. The lowest BCUT2D eigenvalue weighted by Crippen LogP contribution is -2.34. The lowest BCUT2D eigenvalue weighted by atomic mass is 10.0. The molecule has 0 aliphatic heterocycles. The van der Waals surface area contributed by atoms with Gasteiger partial charge in [-0.3, -0.25) is 0 Å². The summed E-state index contributed by atoms with van der Waals surface area (Å²) >= 11 is 0. The molecule has 2 aliphatic rings. The van der Waals surface area contributed by atoms with Gasteiger partial charge in [0.05, 0.1) is 6.54 Å². The molecule has 3 rings (SSSR count). The Labute approximate surface area is 114 Å². The molecule has 0 bridgehead atoms. The summed E-state index contributed by atoms with van der Waals surface area (Å²) in [4.78, 5) is 4.25. The van der Waals surface area contributed by atoms with Crippen LogP contribution in [0.2, 0.25) is 0 Å². The number of nitrogens with two attached hydrogens (primary N) is 1. The second-order valence-electron chi connectivity index (χ2n) is 5.80. The Balaban J connectivity index is 1.53. The van der Waals surface area contributed by atoms with Gasteiger partial charge in [0.2, 0.25) is 0 Å². The third-order valence-electron chi connectivity index (χ3n) is 4.24. The third kappa shape index (κ3) is 2.37. The van der Waals surface area contributed by atoms with E-state index in [0.29, 0.717) is 12.5 Å². The molecule has 100 valence electrons. The highest BCUT2D eigenvalue weighted by Crippen LogP contribution is 2.60. The van der Waals surface area contributed by atoms with Crippen molar-refractivity contribution >= 4 is 5.96 Å². The van der Waals surface area contributed by atoms with Crippen molar-refractivity contribution in [1.29, 1.82) is 0 Å². The highest BCUT2D eigenvalue weighted by Gasteiger charge is 2.54. The van der Waals surface area contributed by atoms with Crippen LogP contribution in [0.25, 0.3) is 0 Å². The number of aliphatic imine (C=N–C) groups is 1. The molecular formula is C16H21N3. The highest BCUT2D eigenvalue weighted by molar-refractivity contribution is 5.78. The molecule has 1 saturated carbocycles. The quantitative estimate of drug-likeness (QED) is 0.491. The summed E-state index contributed by atoms with van der Waals surface area (Å²) in [6.45, 7) is 7.32. The average molecular weight is 255 g/mol. The van der Waals surface area contributed by atoms with Crippen LogP contribution in [0, 0.1) is 11.8 Å². The maximum atomic E-state index is 5.84. The Bertz CT molecular complexity index is 533. The predicted molar refractivity (Wildman–Crippen MR) is 79.2 cm³/mol. The summed E-state index contributed by atoms with van der Waals surface area (Å²) in [7, 11) is 0. The van der Waals surface area contributed by atoms with Crippen LogP contribution < -0.4 is 11.1 Å². The molecule has 3 N–H and O–H groups in total. The lowest BCUT2D eigenvalue weighted by molar-refractivity contribution is 0.663. The largest absolute Gasteiger partial charge is 0.370 e. The molecule has 0 heterocycles. The van der Waals surface area contributed by atoms with Gasteiger partial charge in [0.15, 0.2) is 5.96 Å². The Morgan fingerprint density at radius 3 is 3.05 bits per heavy atom. The standard InChI is InChI=1S/C16H21N3/c1-10(2)8-18-16(17)19-9-14-13-7-11-5-3-4-6-12(11)15(13)14/h3-6,13-15H,1,7-9H2,2H3,(H3,17,18,19). The zero-order chi connectivity index (χ0) is 13.4. The molecule has 0 spiro atoms. The van der Waals surface area contributed by atoms with Crippen LogP contribution in [-0.4, -0.2) is 19.0 Å². The number of nitrogens with zero attached hydrogens (tertiary/aromatic N) is 1. The summed E-state index contributed by atoms with van der Waals surface area (Å²) in [6.07, 6.45) is 1.23. The van der Waals surface area contributed by atoms with Crippen molar-refractivity contribution in [1.82, 2.24) is 5.32 Å². The first-order chi connectivity index (χ1) is 9.16. The summed E-state index contributed by atoms with van der Waals surface area (Å²) in [6, 6.07) is 8.82. The highest BCUT2D eigenvalue weighted by atomic mass is 15.1. The molecule has 19 heavy (non-hydrogen) atoms. The van der Waals surface area contributed by atoms with E-state index in [9.17, 15) is 0 Å². The third-order valence-corrected chi connectivity index (χ3v) is 4.24. The van der Waals surface area contributed by atoms with E-state index in [1.54, 1.807) is 5.56 Å². The number of fused-ring (bicyclic) bond motifs is 3. The van der Waals surface area contributed by atoms with Gasteiger partial charge in [-0.05, 0) is 42.2 Å². The fourth-order valence-corrected chi connectivity index (χ4v) is 3.26. The molecule has 2 aliphatic carbocycles. The van der Waals surface area contributed by atoms with E-state index in [1.165, 1.54) is 12.0 Å². The van der Waals surface area contributed by atoms with Crippen molar-refractivity contribution in [3.05, 3.63) is 47.5 Å². The SMILES string of the molecule is C=C(C)CN=C(N)NCC1C2Cc3ccccc3C12. The van der Waals surface area contributed by atoms with Crippen LogP contribution in [0.15, 0.2) is 41.4 Å². The smallest absolute Gasteiger partial charge is 0.188 e. The molecule has 3 unspecified atom stereocenters.